The predicted octanol–water partition coefficient (Wildman–Crippen LogP) is 8.35. The fraction of sp³-hybridized carbons (Fsp3) is 0.189. The van der Waals surface area contributed by atoms with Crippen LogP contribution in [0.3, 0.4) is 0 Å². The second-order valence-electron chi connectivity index (χ2n) is 11.0. The second-order valence-corrected chi connectivity index (χ2v) is 12.9. The van der Waals surface area contributed by atoms with Crippen LogP contribution in [0.5, 0.6) is 0 Å². The maximum absolute atomic E-state index is 14.3. The zero-order valence-electron chi connectivity index (χ0n) is 25.7. The first-order valence-corrected chi connectivity index (χ1v) is 16.5. The number of carbonyl (C=O) groups excluding carboxylic acids is 2. The Hall–Kier alpha value is -4.34. The molecule has 0 fully saturated rings. The van der Waals surface area contributed by atoms with Crippen molar-refractivity contribution >= 4 is 60.9 Å². The molecule has 4 aromatic rings. The lowest BCUT2D eigenvalue weighted by atomic mass is 9.91. The van der Waals surface area contributed by atoms with Gasteiger partial charge in [0.2, 0.25) is 0 Å². The molecule has 0 aromatic heterocycles. The molecule has 4 aromatic carbocycles. The maximum Gasteiger partial charge on any atom is 0.340 e. The van der Waals surface area contributed by atoms with Crippen LogP contribution in [0.2, 0.25) is 0 Å². The number of carbonyl (C=O) groups is 2. The van der Waals surface area contributed by atoms with E-state index in [-0.39, 0.29) is 6.61 Å². The minimum absolute atomic E-state index is 0.193. The van der Waals surface area contributed by atoms with Crippen molar-refractivity contribution in [2.75, 3.05) is 28.4 Å². The van der Waals surface area contributed by atoms with Crippen LogP contribution in [0.25, 0.3) is 0 Å². The van der Waals surface area contributed by atoms with Gasteiger partial charge in [-0.15, -0.1) is 0 Å². The van der Waals surface area contributed by atoms with Crippen LogP contribution in [-0.4, -0.2) is 31.3 Å². The smallest absolute Gasteiger partial charge is 0.340 e. The van der Waals surface area contributed by atoms with E-state index in [0.717, 1.165) is 37.1 Å². The van der Waals surface area contributed by atoms with Gasteiger partial charge in [0, 0.05) is 33.9 Å². The standard InChI is InChI=1S/C37H33Br2N3O4/c1-4-46-36(44)31-24-40(30-10-6-5-7-11-30)34(25(2)35(43)45-3)37(31)41(22-26-14-18-28(38)19-15-26)32-12-8-9-13-33(32)42(37)23-27-16-20-29(39)21-17-27/h5-21,24H,4,22-23H2,1-3H3/b34-25+. The monoisotopic (exact) mass is 741 g/mol. The predicted molar refractivity (Wildman–Crippen MR) is 188 cm³/mol. The molecular weight excluding hydrogens is 710 g/mol. The van der Waals surface area contributed by atoms with Crippen LogP contribution in [-0.2, 0) is 32.2 Å². The number of esters is 2. The highest BCUT2D eigenvalue weighted by Gasteiger charge is 2.62. The van der Waals surface area contributed by atoms with E-state index in [4.69, 9.17) is 9.47 Å². The summed E-state index contributed by atoms with van der Waals surface area (Å²) in [5.74, 6) is -0.956. The molecule has 2 aliphatic rings. The van der Waals surface area contributed by atoms with Gasteiger partial charge in [0.15, 0.2) is 5.66 Å². The average Bonchev–Trinajstić information content (AvgIpc) is 3.56. The summed E-state index contributed by atoms with van der Waals surface area (Å²) >= 11 is 7.13. The Morgan fingerprint density at radius 2 is 1.24 bits per heavy atom. The molecule has 46 heavy (non-hydrogen) atoms. The third kappa shape index (κ3) is 5.52. The molecule has 2 aliphatic heterocycles. The van der Waals surface area contributed by atoms with E-state index in [1.165, 1.54) is 7.11 Å². The summed E-state index contributed by atoms with van der Waals surface area (Å²) in [5, 5.41) is 0. The number of fused-ring (bicyclic) bond motifs is 1. The molecule has 7 nitrogen and oxygen atoms in total. The van der Waals surface area contributed by atoms with Gasteiger partial charge in [0.05, 0.1) is 36.4 Å². The van der Waals surface area contributed by atoms with Crippen LogP contribution in [0.4, 0.5) is 17.1 Å². The van der Waals surface area contributed by atoms with Crippen LogP contribution in [0.15, 0.2) is 135 Å². The molecule has 0 atom stereocenters. The Morgan fingerprint density at radius 3 is 1.72 bits per heavy atom. The SMILES string of the molecule is CCOC(=O)C1=CN(c2ccccc2)/C(=C(\C)C(=O)OC)C12N(Cc1ccc(Br)cc1)c1ccccc1N2Cc1ccc(Br)cc1. The topological polar surface area (TPSA) is 62.3 Å². The van der Waals surface area contributed by atoms with Crippen molar-refractivity contribution in [3.05, 3.63) is 146 Å². The van der Waals surface area contributed by atoms with E-state index >= 15 is 0 Å². The van der Waals surface area contributed by atoms with Crippen molar-refractivity contribution in [3.8, 4) is 0 Å². The quantitative estimate of drug-likeness (QED) is 0.133. The number of para-hydroxylation sites is 3. The summed E-state index contributed by atoms with van der Waals surface area (Å²) in [6.45, 7) is 4.61. The molecule has 0 radical (unpaired) electrons. The molecule has 0 saturated carbocycles. The van der Waals surface area contributed by atoms with Gasteiger partial charge in [-0.05, 0) is 73.5 Å². The van der Waals surface area contributed by atoms with Crippen LogP contribution in [0, 0.1) is 0 Å². The number of hydrogen-bond donors (Lipinski definition) is 0. The Kier molecular flexibility index (Phi) is 9.06. The Balaban J connectivity index is 1.70. The number of hydrogen-bond acceptors (Lipinski definition) is 7. The summed E-state index contributed by atoms with van der Waals surface area (Å²) in [6, 6.07) is 34.1. The zero-order valence-corrected chi connectivity index (χ0v) is 28.9. The van der Waals surface area contributed by atoms with Gasteiger partial charge in [-0.3, -0.25) is 0 Å². The Bertz CT molecular complexity index is 1750. The minimum Gasteiger partial charge on any atom is -0.466 e. The number of anilines is 3. The Morgan fingerprint density at radius 1 is 0.739 bits per heavy atom. The van der Waals surface area contributed by atoms with Crippen LogP contribution in [0.1, 0.15) is 25.0 Å². The van der Waals surface area contributed by atoms with Crippen molar-refractivity contribution in [2.24, 2.45) is 0 Å². The summed E-state index contributed by atoms with van der Waals surface area (Å²) in [5.41, 5.74) is 4.74. The zero-order chi connectivity index (χ0) is 32.4. The van der Waals surface area contributed by atoms with Crippen molar-refractivity contribution in [1.29, 1.82) is 0 Å². The van der Waals surface area contributed by atoms with E-state index < -0.39 is 17.6 Å². The first kappa shape index (κ1) is 31.6. The summed E-state index contributed by atoms with van der Waals surface area (Å²) < 4.78 is 13.1. The van der Waals surface area contributed by atoms with Gasteiger partial charge >= 0.3 is 11.9 Å². The number of methoxy groups -OCH3 is 1. The summed E-state index contributed by atoms with van der Waals surface area (Å²) in [4.78, 5) is 34.3. The second kappa shape index (κ2) is 13.2. The third-order valence-corrected chi connectivity index (χ3v) is 9.39. The molecule has 0 unspecified atom stereocenters. The first-order valence-electron chi connectivity index (χ1n) is 15.0. The number of nitrogens with zero attached hydrogens (tertiary/aromatic N) is 3. The molecule has 0 amide bonds. The minimum atomic E-state index is -1.30. The van der Waals surface area contributed by atoms with Gasteiger partial charge < -0.3 is 24.2 Å². The number of rotatable bonds is 8. The largest absolute Gasteiger partial charge is 0.466 e. The van der Waals surface area contributed by atoms with E-state index in [2.05, 4.69) is 78.1 Å². The molecule has 0 aliphatic carbocycles. The lowest BCUT2D eigenvalue weighted by Crippen LogP contribution is -2.61. The van der Waals surface area contributed by atoms with Gasteiger partial charge in [-0.1, -0.05) is 86.5 Å². The van der Waals surface area contributed by atoms with Crippen molar-refractivity contribution in [2.45, 2.75) is 32.6 Å². The van der Waals surface area contributed by atoms with Gasteiger partial charge in [-0.25, -0.2) is 9.59 Å². The highest BCUT2D eigenvalue weighted by atomic mass is 79.9. The van der Waals surface area contributed by atoms with Crippen molar-refractivity contribution in [3.63, 3.8) is 0 Å². The lowest BCUT2D eigenvalue weighted by Gasteiger charge is -2.46. The normalized spacial score (nSPS) is 15.9. The number of halogens is 2. The molecule has 0 bridgehead atoms. The fourth-order valence-corrected chi connectivity index (χ4v) is 6.90. The van der Waals surface area contributed by atoms with Gasteiger partial charge in [0.1, 0.15) is 5.57 Å². The first-order chi connectivity index (χ1) is 22.3. The Labute approximate surface area is 286 Å². The molecule has 0 saturated heterocycles. The number of benzene rings is 4. The van der Waals surface area contributed by atoms with Gasteiger partial charge in [-0.2, -0.15) is 0 Å². The molecule has 1 spiro atoms. The average molecular weight is 743 g/mol. The summed E-state index contributed by atoms with van der Waals surface area (Å²) in [6.07, 6.45) is 1.82. The van der Waals surface area contributed by atoms with Crippen molar-refractivity contribution in [1.82, 2.24) is 0 Å². The van der Waals surface area contributed by atoms with Crippen LogP contribution < -0.4 is 14.7 Å². The number of ether oxygens (including phenoxy) is 2. The highest BCUT2D eigenvalue weighted by molar-refractivity contribution is 9.10. The third-order valence-electron chi connectivity index (χ3n) is 8.33. The summed E-state index contributed by atoms with van der Waals surface area (Å²) in [7, 11) is 1.38. The van der Waals surface area contributed by atoms with E-state index in [1.54, 1.807) is 13.8 Å². The molecule has 9 heteroatoms. The van der Waals surface area contributed by atoms with Crippen LogP contribution >= 0.6 is 31.9 Å². The molecule has 234 valence electrons. The molecule has 2 heterocycles. The van der Waals surface area contributed by atoms with Gasteiger partial charge in [0.25, 0.3) is 0 Å². The van der Waals surface area contributed by atoms with E-state index in [0.29, 0.717) is 29.9 Å². The fourth-order valence-electron chi connectivity index (χ4n) is 6.37. The maximum atomic E-state index is 14.3. The molecular formula is C37H33Br2N3O4. The molecule has 0 N–H and O–H groups in total. The lowest BCUT2D eigenvalue weighted by molar-refractivity contribution is -0.139. The molecule has 6 rings (SSSR count). The van der Waals surface area contributed by atoms with E-state index in [9.17, 15) is 9.59 Å². The van der Waals surface area contributed by atoms with E-state index in [1.807, 2.05) is 77.8 Å². The van der Waals surface area contributed by atoms with Crippen molar-refractivity contribution < 1.29 is 19.1 Å². The highest BCUT2D eigenvalue weighted by Crippen LogP contribution is 2.57.